The highest BCUT2D eigenvalue weighted by Gasteiger charge is 2.51. The molecule has 6 heteroatoms. The smallest absolute Gasteiger partial charge is 0.465 e. The van der Waals surface area contributed by atoms with E-state index in [-0.39, 0.29) is 5.97 Å². The summed E-state index contributed by atoms with van der Waals surface area (Å²) < 4.78 is 17.0. The van der Waals surface area contributed by atoms with Crippen LogP contribution in [0.4, 0.5) is 0 Å². The van der Waals surface area contributed by atoms with Gasteiger partial charge in [-0.1, -0.05) is 19.9 Å². The topological polar surface area (TPSA) is 60.6 Å². The zero-order chi connectivity index (χ0) is 18.1. The van der Waals surface area contributed by atoms with Crippen molar-refractivity contribution in [3.8, 4) is 0 Å². The largest absolute Gasteiger partial charge is 0.494 e. The summed E-state index contributed by atoms with van der Waals surface area (Å²) in [7, 11) is 0.867. The number of H-pyrrole nitrogens is 1. The summed E-state index contributed by atoms with van der Waals surface area (Å²) in [6.45, 7) is 12.0. The molecule has 0 spiro atoms. The van der Waals surface area contributed by atoms with Gasteiger partial charge in [0, 0.05) is 6.20 Å². The highest BCUT2D eigenvalue weighted by molar-refractivity contribution is 6.62. The van der Waals surface area contributed by atoms with Gasteiger partial charge in [0.05, 0.1) is 29.4 Å². The molecule has 1 N–H and O–H groups in total. The Morgan fingerprint density at radius 3 is 2.25 bits per heavy atom. The minimum absolute atomic E-state index is 0.384. The standard InChI is InChI=1S/C16H20BNO4.C2H6/c1-15(2)16(3,4)22-17(21-15)11-8-10-6-7-18-13(10)12(9-11)14(19)20-5;1-2/h6-9,18H,1-5H3;1-2H3. The number of ether oxygens (including phenoxy) is 1. The van der Waals surface area contributed by atoms with E-state index in [0.717, 1.165) is 16.4 Å². The number of benzene rings is 1. The second kappa shape index (κ2) is 6.61. The van der Waals surface area contributed by atoms with Crippen molar-refractivity contribution in [2.24, 2.45) is 0 Å². The molecule has 0 saturated carbocycles. The molecule has 1 aromatic heterocycles. The minimum atomic E-state index is -0.507. The van der Waals surface area contributed by atoms with Gasteiger partial charge in [0.25, 0.3) is 0 Å². The predicted octanol–water partition coefficient (Wildman–Crippen LogP) is 3.28. The summed E-state index contributed by atoms with van der Waals surface area (Å²) in [5.74, 6) is -0.384. The Morgan fingerprint density at radius 1 is 1.12 bits per heavy atom. The Labute approximate surface area is 143 Å². The fraction of sp³-hybridized carbons (Fsp3) is 0.500. The summed E-state index contributed by atoms with van der Waals surface area (Å²) in [4.78, 5) is 15.1. The molecule has 1 aromatic carbocycles. The number of carbonyl (C=O) groups excluding carboxylic acids is 1. The van der Waals surface area contributed by atoms with Crippen LogP contribution in [0.3, 0.4) is 0 Å². The third-order valence-electron chi connectivity index (χ3n) is 4.61. The molecule has 130 valence electrons. The number of rotatable bonds is 2. The van der Waals surface area contributed by atoms with Crippen LogP contribution in [0.25, 0.3) is 10.9 Å². The van der Waals surface area contributed by atoms with Crippen molar-refractivity contribution >= 4 is 29.5 Å². The van der Waals surface area contributed by atoms with Crippen molar-refractivity contribution in [1.82, 2.24) is 4.98 Å². The number of aromatic amines is 1. The van der Waals surface area contributed by atoms with Crippen LogP contribution in [-0.4, -0.2) is 36.4 Å². The monoisotopic (exact) mass is 331 g/mol. The van der Waals surface area contributed by atoms with Crippen LogP contribution in [0.5, 0.6) is 0 Å². The van der Waals surface area contributed by atoms with Gasteiger partial charge in [-0.2, -0.15) is 0 Å². The lowest BCUT2D eigenvalue weighted by molar-refractivity contribution is 0.00578. The van der Waals surface area contributed by atoms with Gasteiger partial charge in [-0.15, -0.1) is 0 Å². The lowest BCUT2D eigenvalue weighted by atomic mass is 9.77. The number of methoxy groups -OCH3 is 1. The van der Waals surface area contributed by atoms with E-state index in [1.807, 2.05) is 53.7 Å². The highest BCUT2D eigenvalue weighted by atomic mass is 16.7. The third kappa shape index (κ3) is 3.08. The number of fused-ring (bicyclic) bond motifs is 1. The second-order valence-electron chi connectivity index (χ2n) is 6.59. The van der Waals surface area contributed by atoms with Crippen molar-refractivity contribution in [1.29, 1.82) is 0 Å². The lowest BCUT2D eigenvalue weighted by Crippen LogP contribution is -2.41. The van der Waals surface area contributed by atoms with Crippen LogP contribution in [0.15, 0.2) is 24.4 Å². The van der Waals surface area contributed by atoms with Gasteiger partial charge in [0.15, 0.2) is 0 Å². The first-order valence-corrected chi connectivity index (χ1v) is 8.30. The summed E-state index contributed by atoms with van der Waals surface area (Å²) >= 11 is 0. The zero-order valence-corrected chi connectivity index (χ0v) is 15.5. The Hall–Kier alpha value is -1.79. The molecule has 2 heterocycles. The SMILES string of the molecule is CC.COC(=O)c1cc(B2OC(C)(C)C(C)(C)O2)cc2cc[nH]c12. The Balaban J connectivity index is 0.00000100. The summed E-state index contributed by atoms with van der Waals surface area (Å²) in [5.41, 5.74) is 1.21. The van der Waals surface area contributed by atoms with Crippen molar-refractivity contribution < 1.29 is 18.8 Å². The molecule has 5 nitrogen and oxygen atoms in total. The fourth-order valence-electron chi connectivity index (χ4n) is 2.58. The second-order valence-corrected chi connectivity index (χ2v) is 6.59. The van der Waals surface area contributed by atoms with Gasteiger partial charge in [-0.25, -0.2) is 4.79 Å². The first-order chi connectivity index (χ1) is 11.2. The van der Waals surface area contributed by atoms with Gasteiger partial charge in [0.2, 0.25) is 0 Å². The molecule has 3 rings (SSSR count). The van der Waals surface area contributed by atoms with E-state index < -0.39 is 18.3 Å². The van der Waals surface area contributed by atoms with Crippen LogP contribution in [-0.2, 0) is 14.0 Å². The van der Waals surface area contributed by atoms with Crippen LogP contribution >= 0.6 is 0 Å². The van der Waals surface area contributed by atoms with E-state index in [9.17, 15) is 4.79 Å². The number of nitrogens with one attached hydrogen (secondary N) is 1. The molecule has 0 bridgehead atoms. The average Bonchev–Trinajstić information content (AvgIpc) is 3.09. The molecule has 24 heavy (non-hydrogen) atoms. The number of aromatic nitrogens is 1. The Morgan fingerprint density at radius 2 is 1.71 bits per heavy atom. The molecule has 0 radical (unpaired) electrons. The lowest BCUT2D eigenvalue weighted by Gasteiger charge is -2.32. The molecule has 0 amide bonds. The normalized spacial score (nSPS) is 18.2. The van der Waals surface area contributed by atoms with Gasteiger partial charge in [-0.05, 0) is 50.7 Å². The maximum absolute atomic E-state index is 12.0. The molecule has 0 atom stereocenters. The Bertz CT molecular complexity index is 720. The first kappa shape index (κ1) is 18.6. The first-order valence-electron chi connectivity index (χ1n) is 8.30. The Kier molecular flexibility index (Phi) is 5.11. The summed E-state index contributed by atoms with van der Waals surface area (Å²) in [6.07, 6.45) is 1.80. The molecule has 1 saturated heterocycles. The third-order valence-corrected chi connectivity index (χ3v) is 4.61. The number of esters is 1. The van der Waals surface area contributed by atoms with Crippen LogP contribution in [0, 0.1) is 0 Å². The van der Waals surface area contributed by atoms with E-state index in [0.29, 0.717) is 5.56 Å². The van der Waals surface area contributed by atoms with Gasteiger partial charge >= 0.3 is 13.1 Å². The van der Waals surface area contributed by atoms with E-state index >= 15 is 0 Å². The van der Waals surface area contributed by atoms with Gasteiger partial charge < -0.3 is 19.0 Å². The van der Waals surface area contributed by atoms with Crippen LogP contribution < -0.4 is 5.46 Å². The number of carbonyl (C=O) groups is 1. The average molecular weight is 331 g/mol. The van der Waals surface area contributed by atoms with E-state index in [4.69, 9.17) is 14.0 Å². The fourth-order valence-corrected chi connectivity index (χ4v) is 2.58. The maximum atomic E-state index is 12.0. The maximum Gasteiger partial charge on any atom is 0.494 e. The molecule has 1 fully saturated rings. The van der Waals surface area contributed by atoms with Crippen LogP contribution in [0.1, 0.15) is 51.9 Å². The molecular formula is C18H26BNO4. The highest BCUT2D eigenvalue weighted by Crippen LogP contribution is 2.36. The molecule has 1 aliphatic heterocycles. The molecule has 1 aliphatic rings. The van der Waals surface area contributed by atoms with E-state index in [2.05, 4.69) is 4.98 Å². The van der Waals surface area contributed by atoms with Crippen LogP contribution in [0.2, 0.25) is 0 Å². The minimum Gasteiger partial charge on any atom is -0.465 e. The summed E-state index contributed by atoms with van der Waals surface area (Å²) in [5, 5.41) is 0.924. The molecular weight excluding hydrogens is 305 g/mol. The van der Waals surface area contributed by atoms with E-state index in [1.165, 1.54) is 7.11 Å². The van der Waals surface area contributed by atoms with Gasteiger partial charge in [-0.3, -0.25) is 0 Å². The zero-order valence-electron chi connectivity index (χ0n) is 15.5. The molecule has 0 unspecified atom stereocenters. The summed E-state index contributed by atoms with van der Waals surface area (Å²) in [6, 6.07) is 5.66. The van der Waals surface area contributed by atoms with Gasteiger partial charge in [0.1, 0.15) is 0 Å². The van der Waals surface area contributed by atoms with Crippen molar-refractivity contribution in [3.05, 3.63) is 30.0 Å². The molecule has 2 aromatic rings. The number of hydrogen-bond acceptors (Lipinski definition) is 4. The van der Waals surface area contributed by atoms with Crippen molar-refractivity contribution in [2.45, 2.75) is 52.7 Å². The van der Waals surface area contributed by atoms with Crippen molar-refractivity contribution in [3.63, 3.8) is 0 Å². The predicted molar refractivity (Wildman–Crippen MR) is 96.7 cm³/mol. The number of hydrogen-bond donors (Lipinski definition) is 1. The quantitative estimate of drug-likeness (QED) is 0.678. The molecule has 0 aliphatic carbocycles. The van der Waals surface area contributed by atoms with Crippen molar-refractivity contribution in [2.75, 3.05) is 7.11 Å². The van der Waals surface area contributed by atoms with E-state index in [1.54, 1.807) is 12.3 Å².